The van der Waals surface area contributed by atoms with E-state index in [1.165, 1.54) is 0 Å². The lowest BCUT2D eigenvalue weighted by molar-refractivity contribution is -0.128. The van der Waals surface area contributed by atoms with Gasteiger partial charge in [0.15, 0.2) is 0 Å². The van der Waals surface area contributed by atoms with Crippen LogP contribution in [0.2, 0.25) is 0 Å². The molecule has 19 heavy (non-hydrogen) atoms. The van der Waals surface area contributed by atoms with Crippen LogP contribution in [-0.4, -0.2) is 43.3 Å². The van der Waals surface area contributed by atoms with Crippen molar-refractivity contribution >= 4 is 12.0 Å². The van der Waals surface area contributed by atoms with Crippen LogP contribution in [0.25, 0.3) is 0 Å². The normalized spacial score (nSPS) is 23.6. The molecule has 1 rings (SSSR count). The molecule has 1 aliphatic heterocycles. The van der Waals surface area contributed by atoms with Gasteiger partial charge in [-0.1, -0.05) is 6.92 Å². The zero-order valence-electron chi connectivity index (χ0n) is 12.3. The molecule has 3 N–H and O–H groups in total. The van der Waals surface area contributed by atoms with Crippen LogP contribution in [-0.2, 0) is 9.53 Å². The predicted molar refractivity (Wildman–Crippen MR) is 72.9 cm³/mol. The highest BCUT2D eigenvalue weighted by atomic mass is 16.6. The van der Waals surface area contributed by atoms with Gasteiger partial charge in [-0.15, -0.1) is 0 Å². The van der Waals surface area contributed by atoms with Gasteiger partial charge in [-0.3, -0.25) is 4.79 Å². The zero-order valence-corrected chi connectivity index (χ0v) is 12.3. The largest absolute Gasteiger partial charge is 0.444 e. The number of alkyl carbamates (subject to hydrolysis) is 1. The predicted octanol–water partition coefficient (Wildman–Crippen LogP) is 0.769. The van der Waals surface area contributed by atoms with Crippen LogP contribution >= 0.6 is 0 Å². The SMILES string of the molecule is CCC(C)(C)OC(=O)NC1(C(=O)NC)CCCNC1. The van der Waals surface area contributed by atoms with Gasteiger partial charge in [-0.25, -0.2) is 4.79 Å². The Kier molecular flexibility index (Phi) is 5.17. The third-order valence-corrected chi connectivity index (χ3v) is 3.61. The molecule has 0 radical (unpaired) electrons. The van der Waals surface area contributed by atoms with Gasteiger partial charge in [0.1, 0.15) is 11.1 Å². The molecule has 6 heteroatoms. The molecule has 0 bridgehead atoms. The van der Waals surface area contributed by atoms with Gasteiger partial charge < -0.3 is 20.7 Å². The molecule has 1 heterocycles. The molecule has 0 aromatic heterocycles. The fourth-order valence-electron chi connectivity index (χ4n) is 2.05. The second kappa shape index (κ2) is 6.23. The average molecular weight is 271 g/mol. The highest BCUT2D eigenvalue weighted by Crippen LogP contribution is 2.19. The highest BCUT2D eigenvalue weighted by Gasteiger charge is 2.41. The van der Waals surface area contributed by atoms with Gasteiger partial charge in [0.25, 0.3) is 0 Å². The van der Waals surface area contributed by atoms with Crippen LogP contribution in [0.3, 0.4) is 0 Å². The van der Waals surface area contributed by atoms with Crippen molar-refractivity contribution in [2.45, 2.75) is 51.2 Å². The van der Waals surface area contributed by atoms with Crippen LogP contribution in [0.4, 0.5) is 4.79 Å². The number of carbonyl (C=O) groups excluding carboxylic acids is 2. The fourth-order valence-corrected chi connectivity index (χ4v) is 2.05. The summed E-state index contributed by atoms with van der Waals surface area (Å²) in [6, 6.07) is 0. The molecule has 110 valence electrons. The molecule has 1 saturated heterocycles. The molecule has 0 spiro atoms. The zero-order chi connectivity index (χ0) is 14.5. The van der Waals surface area contributed by atoms with E-state index in [1.54, 1.807) is 7.05 Å². The maximum atomic E-state index is 12.0. The third kappa shape index (κ3) is 4.09. The fraction of sp³-hybridized carbons (Fsp3) is 0.846. The van der Waals surface area contributed by atoms with Crippen LogP contribution in [0.15, 0.2) is 0 Å². The van der Waals surface area contributed by atoms with E-state index < -0.39 is 17.2 Å². The summed E-state index contributed by atoms with van der Waals surface area (Å²) < 4.78 is 5.35. The Morgan fingerprint density at radius 1 is 1.42 bits per heavy atom. The van der Waals surface area contributed by atoms with Crippen molar-refractivity contribution in [3.63, 3.8) is 0 Å². The second-order valence-electron chi connectivity index (χ2n) is 5.57. The molecular weight excluding hydrogens is 246 g/mol. The maximum absolute atomic E-state index is 12.0. The molecule has 6 nitrogen and oxygen atoms in total. The van der Waals surface area contributed by atoms with Gasteiger partial charge in [0.2, 0.25) is 5.91 Å². The molecule has 1 atom stereocenters. The molecular formula is C13H25N3O3. The summed E-state index contributed by atoms with van der Waals surface area (Å²) >= 11 is 0. The van der Waals surface area contributed by atoms with Crippen molar-refractivity contribution in [3.8, 4) is 0 Å². The van der Waals surface area contributed by atoms with Crippen molar-refractivity contribution in [1.29, 1.82) is 0 Å². The molecule has 1 fully saturated rings. The standard InChI is InChI=1S/C13H25N3O3/c1-5-12(2,3)19-11(18)16-13(10(17)14-4)7-6-8-15-9-13/h15H,5-9H2,1-4H3,(H,14,17)(H,16,18). The van der Waals surface area contributed by atoms with Crippen molar-refractivity contribution in [1.82, 2.24) is 16.0 Å². The summed E-state index contributed by atoms with van der Waals surface area (Å²) in [5.74, 6) is -0.189. The number of carbonyl (C=O) groups is 2. The van der Waals surface area contributed by atoms with Crippen LogP contribution < -0.4 is 16.0 Å². The lowest BCUT2D eigenvalue weighted by Gasteiger charge is -2.37. The van der Waals surface area contributed by atoms with E-state index in [9.17, 15) is 9.59 Å². The molecule has 2 amide bonds. The maximum Gasteiger partial charge on any atom is 0.408 e. The van der Waals surface area contributed by atoms with Crippen molar-refractivity contribution in [2.24, 2.45) is 0 Å². The molecule has 1 unspecified atom stereocenters. The van der Waals surface area contributed by atoms with Gasteiger partial charge in [0, 0.05) is 13.6 Å². The van der Waals surface area contributed by atoms with Crippen LogP contribution in [0.5, 0.6) is 0 Å². The van der Waals surface area contributed by atoms with Gasteiger partial charge in [-0.05, 0) is 39.7 Å². The van der Waals surface area contributed by atoms with Gasteiger partial charge >= 0.3 is 6.09 Å². The van der Waals surface area contributed by atoms with E-state index in [1.807, 2.05) is 20.8 Å². The summed E-state index contributed by atoms with van der Waals surface area (Å²) in [5, 5.41) is 8.49. The summed E-state index contributed by atoms with van der Waals surface area (Å²) in [5.41, 5.74) is -1.44. The van der Waals surface area contributed by atoms with E-state index in [0.717, 1.165) is 13.0 Å². The number of ether oxygens (including phenoxy) is 1. The number of rotatable bonds is 4. The first-order valence-corrected chi connectivity index (χ1v) is 6.79. The van der Waals surface area contributed by atoms with E-state index >= 15 is 0 Å². The minimum atomic E-state index is -0.909. The lowest BCUT2D eigenvalue weighted by atomic mass is 9.89. The van der Waals surface area contributed by atoms with Gasteiger partial charge in [0.05, 0.1) is 0 Å². The molecule has 0 saturated carbocycles. The highest BCUT2D eigenvalue weighted by molar-refractivity contribution is 5.90. The number of nitrogens with one attached hydrogen (secondary N) is 3. The Hall–Kier alpha value is -1.30. The summed E-state index contributed by atoms with van der Waals surface area (Å²) in [7, 11) is 1.57. The number of hydrogen-bond donors (Lipinski definition) is 3. The average Bonchev–Trinajstić information content (AvgIpc) is 2.38. The van der Waals surface area contributed by atoms with E-state index in [-0.39, 0.29) is 5.91 Å². The van der Waals surface area contributed by atoms with Gasteiger partial charge in [-0.2, -0.15) is 0 Å². The molecule has 1 aliphatic rings. The Morgan fingerprint density at radius 3 is 2.58 bits per heavy atom. The van der Waals surface area contributed by atoms with E-state index in [2.05, 4.69) is 16.0 Å². The van der Waals surface area contributed by atoms with Crippen molar-refractivity contribution < 1.29 is 14.3 Å². The molecule has 0 aromatic rings. The first-order chi connectivity index (χ1) is 8.85. The van der Waals surface area contributed by atoms with Crippen molar-refractivity contribution in [2.75, 3.05) is 20.1 Å². The minimum Gasteiger partial charge on any atom is -0.444 e. The number of piperidine rings is 1. The second-order valence-corrected chi connectivity index (χ2v) is 5.57. The Bertz CT molecular complexity index is 336. The Morgan fingerprint density at radius 2 is 2.11 bits per heavy atom. The first-order valence-electron chi connectivity index (χ1n) is 6.79. The minimum absolute atomic E-state index is 0.189. The Labute approximate surface area is 114 Å². The summed E-state index contributed by atoms with van der Waals surface area (Å²) in [4.78, 5) is 24.0. The summed E-state index contributed by atoms with van der Waals surface area (Å²) in [6.45, 7) is 6.92. The molecule has 0 aliphatic carbocycles. The number of likely N-dealkylation sites (N-methyl/N-ethyl adjacent to an activating group) is 1. The van der Waals surface area contributed by atoms with Crippen LogP contribution in [0, 0.1) is 0 Å². The van der Waals surface area contributed by atoms with Crippen LogP contribution in [0.1, 0.15) is 40.0 Å². The third-order valence-electron chi connectivity index (χ3n) is 3.61. The number of amides is 2. The molecule has 0 aromatic carbocycles. The van der Waals surface area contributed by atoms with E-state index in [4.69, 9.17) is 4.74 Å². The van der Waals surface area contributed by atoms with Crippen molar-refractivity contribution in [3.05, 3.63) is 0 Å². The van der Waals surface area contributed by atoms with E-state index in [0.29, 0.717) is 19.4 Å². The monoisotopic (exact) mass is 271 g/mol. The summed E-state index contributed by atoms with van der Waals surface area (Å²) in [6.07, 6.45) is 1.62. The Balaban J connectivity index is 2.73. The quantitative estimate of drug-likeness (QED) is 0.705. The topological polar surface area (TPSA) is 79.5 Å². The first kappa shape index (κ1) is 15.8. The smallest absolute Gasteiger partial charge is 0.408 e. The number of hydrogen-bond acceptors (Lipinski definition) is 4. The lowest BCUT2D eigenvalue weighted by Crippen LogP contribution is -2.65.